The molecule has 2 heterocycles. The predicted molar refractivity (Wildman–Crippen MR) is 82.4 cm³/mol. The molecule has 0 aromatic heterocycles. The third kappa shape index (κ3) is 1.24. The van der Waals surface area contributed by atoms with Crippen LogP contribution in [0, 0.1) is 0 Å². The van der Waals surface area contributed by atoms with Crippen LogP contribution in [0.1, 0.15) is 17.5 Å². The van der Waals surface area contributed by atoms with Gasteiger partial charge in [0.2, 0.25) is 0 Å². The van der Waals surface area contributed by atoms with Crippen molar-refractivity contribution < 1.29 is 14.2 Å². The second kappa shape index (κ2) is 4.07. The van der Waals surface area contributed by atoms with Crippen LogP contribution in [0.2, 0.25) is 0 Å². The quantitative estimate of drug-likeness (QED) is 0.907. The molecule has 1 fully saturated rings. The van der Waals surface area contributed by atoms with Crippen molar-refractivity contribution in [2.45, 2.75) is 30.4 Å². The maximum absolute atomic E-state index is 6.42. The Bertz CT molecular complexity index is 736. The third-order valence-corrected chi connectivity index (χ3v) is 5.70. The summed E-state index contributed by atoms with van der Waals surface area (Å²) in [7, 11) is 3.44. The van der Waals surface area contributed by atoms with Gasteiger partial charge in [0.05, 0.1) is 19.6 Å². The van der Waals surface area contributed by atoms with Crippen LogP contribution in [0.5, 0.6) is 11.5 Å². The van der Waals surface area contributed by atoms with Crippen LogP contribution in [0.3, 0.4) is 0 Å². The van der Waals surface area contributed by atoms with E-state index in [-0.39, 0.29) is 11.5 Å². The Hall–Kier alpha value is -1.94. The van der Waals surface area contributed by atoms with Gasteiger partial charge in [-0.15, -0.1) is 0 Å². The number of hydrogen-bond donors (Lipinski definition) is 1. The minimum atomic E-state index is -0.0759. The molecule has 22 heavy (non-hydrogen) atoms. The Morgan fingerprint density at radius 3 is 2.95 bits per heavy atom. The molecule has 1 spiro atoms. The summed E-state index contributed by atoms with van der Waals surface area (Å²) in [4.78, 5) is 0. The van der Waals surface area contributed by atoms with Crippen molar-refractivity contribution in [1.82, 2.24) is 5.32 Å². The lowest BCUT2D eigenvalue weighted by molar-refractivity contribution is 0.0998. The summed E-state index contributed by atoms with van der Waals surface area (Å²) in [5.74, 6) is 2.66. The maximum Gasteiger partial charge on any atom is 0.169 e. The first kappa shape index (κ1) is 12.6. The number of rotatable bonds is 2. The van der Waals surface area contributed by atoms with E-state index in [1.807, 2.05) is 6.07 Å². The highest BCUT2D eigenvalue weighted by Gasteiger charge is 2.61. The molecule has 1 aromatic carbocycles. The third-order valence-electron chi connectivity index (χ3n) is 5.70. The molecule has 1 aromatic rings. The Labute approximate surface area is 129 Å². The molecule has 4 aliphatic rings. The largest absolute Gasteiger partial charge is 0.497 e. The number of allylic oxidation sites excluding steroid dienone is 2. The van der Waals surface area contributed by atoms with E-state index in [4.69, 9.17) is 14.2 Å². The number of methoxy groups -OCH3 is 2. The van der Waals surface area contributed by atoms with Crippen LogP contribution in [0.4, 0.5) is 0 Å². The molecular formula is C18H19NO3. The lowest BCUT2D eigenvalue weighted by Crippen LogP contribution is -2.58. The van der Waals surface area contributed by atoms with E-state index in [0.717, 1.165) is 36.6 Å². The van der Waals surface area contributed by atoms with Crippen molar-refractivity contribution in [3.05, 3.63) is 46.7 Å². The second-order valence-corrected chi connectivity index (χ2v) is 6.46. The molecule has 1 N–H and O–H groups in total. The second-order valence-electron chi connectivity index (χ2n) is 6.46. The first-order valence-corrected chi connectivity index (χ1v) is 7.86. The normalized spacial score (nSPS) is 33.4. The zero-order chi connectivity index (χ0) is 14.9. The highest BCUT2D eigenvalue weighted by atomic mass is 16.6. The molecule has 2 bridgehead atoms. The molecule has 4 heteroatoms. The average Bonchev–Trinajstić information content (AvgIpc) is 2.88. The smallest absolute Gasteiger partial charge is 0.169 e. The average molecular weight is 297 g/mol. The zero-order valence-corrected chi connectivity index (χ0v) is 12.8. The van der Waals surface area contributed by atoms with Gasteiger partial charge in [-0.2, -0.15) is 0 Å². The molecule has 0 amide bonds. The highest BCUT2D eigenvalue weighted by Crippen LogP contribution is 2.61. The van der Waals surface area contributed by atoms with Crippen LogP contribution in [0.15, 0.2) is 35.6 Å². The van der Waals surface area contributed by atoms with Crippen LogP contribution >= 0.6 is 0 Å². The van der Waals surface area contributed by atoms with Gasteiger partial charge in [-0.1, -0.05) is 12.1 Å². The Morgan fingerprint density at radius 1 is 1.23 bits per heavy atom. The van der Waals surface area contributed by atoms with E-state index in [1.54, 1.807) is 14.2 Å². The van der Waals surface area contributed by atoms with Crippen molar-refractivity contribution in [1.29, 1.82) is 0 Å². The van der Waals surface area contributed by atoms with Crippen molar-refractivity contribution in [2.24, 2.45) is 0 Å². The minimum Gasteiger partial charge on any atom is -0.497 e. The molecule has 1 saturated heterocycles. The van der Waals surface area contributed by atoms with Gasteiger partial charge >= 0.3 is 0 Å². The molecule has 0 radical (unpaired) electrons. The molecule has 4 nitrogen and oxygen atoms in total. The molecule has 5 rings (SSSR count). The zero-order valence-electron chi connectivity index (χ0n) is 12.8. The number of benzene rings is 1. The molecule has 3 atom stereocenters. The SMILES string of the molecule is COC1=CC=C2[C@@H]3Cc4ccc(OC)c5c4C2(CCN3)C1O5. The number of nitrogens with one attached hydrogen (secondary N) is 1. The maximum atomic E-state index is 6.42. The fourth-order valence-electron chi connectivity index (χ4n) is 4.85. The fraction of sp³-hybridized carbons (Fsp3) is 0.444. The highest BCUT2D eigenvalue weighted by molar-refractivity contribution is 5.67. The first-order valence-electron chi connectivity index (χ1n) is 7.86. The van der Waals surface area contributed by atoms with E-state index in [0.29, 0.717) is 6.04 Å². The van der Waals surface area contributed by atoms with Gasteiger partial charge < -0.3 is 19.5 Å². The number of hydrogen-bond acceptors (Lipinski definition) is 4. The first-order chi connectivity index (χ1) is 10.8. The lowest BCUT2D eigenvalue weighted by atomic mass is 9.58. The van der Waals surface area contributed by atoms with Crippen molar-refractivity contribution in [2.75, 3.05) is 20.8 Å². The van der Waals surface area contributed by atoms with E-state index in [9.17, 15) is 0 Å². The van der Waals surface area contributed by atoms with E-state index < -0.39 is 0 Å². The van der Waals surface area contributed by atoms with Gasteiger partial charge in [0.1, 0.15) is 5.76 Å². The monoisotopic (exact) mass is 297 g/mol. The van der Waals surface area contributed by atoms with Crippen molar-refractivity contribution in [3.8, 4) is 11.5 Å². The number of piperidine rings is 1. The van der Waals surface area contributed by atoms with Crippen LogP contribution < -0.4 is 14.8 Å². The standard InChI is InChI=1S/C18H19NO3/c1-20-13-5-3-10-9-12-11-4-6-14(21-2)17-18(11,7-8-19-12)15(10)16(13)22-17/h3-6,12,17,19H,7-9H2,1-2H3/t12-,17?,18?/m0/s1. The summed E-state index contributed by atoms with van der Waals surface area (Å²) in [6.07, 6.45) is 6.31. The molecule has 114 valence electrons. The van der Waals surface area contributed by atoms with Crippen LogP contribution in [-0.4, -0.2) is 32.9 Å². The summed E-state index contributed by atoms with van der Waals surface area (Å²) in [5, 5.41) is 3.67. The summed E-state index contributed by atoms with van der Waals surface area (Å²) in [5.41, 5.74) is 4.09. The van der Waals surface area contributed by atoms with Gasteiger partial charge in [0.25, 0.3) is 0 Å². The molecule has 2 unspecified atom stereocenters. The van der Waals surface area contributed by atoms with Crippen LogP contribution in [0.25, 0.3) is 0 Å². The summed E-state index contributed by atoms with van der Waals surface area (Å²) < 4.78 is 17.6. The number of ether oxygens (including phenoxy) is 3. The topological polar surface area (TPSA) is 39.7 Å². The van der Waals surface area contributed by atoms with E-state index in [2.05, 4.69) is 23.5 Å². The predicted octanol–water partition coefficient (Wildman–Crippen LogP) is 2.08. The van der Waals surface area contributed by atoms with Crippen molar-refractivity contribution in [3.63, 3.8) is 0 Å². The fourth-order valence-corrected chi connectivity index (χ4v) is 4.85. The van der Waals surface area contributed by atoms with Gasteiger partial charge in [-0.05, 0) is 42.7 Å². The lowest BCUT2D eigenvalue weighted by Gasteiger charge is -2.49. The summed E-state index contributed by atoms with van der Waals surface area (Å²) in [6, 6.07) is 4.64. The molecule has 2 aliphatic heterocycles. The minimum absolute atomic E-state index is 0.0625. The Kier molecular flexibility index (Phi) is 2.33. The Morgan fingerprint density at radius 2 is 2.14 bits per heavy atom. The Balaban J connectivity index is 1.85. The van der Waals surface area contributed by atoms with Gasteiger partial charge in [-0.3, -0.25) is 0 Å². The van der Waals surface area contributed by atoms with Gasteiger partial charge in [0, 0.05) is 11.6 Å². The summed E-state index contributed by atoms with van der Waals surface area (Å²) >= 11 is 0. The van der Waals surface area contributed by atoms with Crippen LogP contribution in [-0.2, 0) is 16.6 Å². The van der Waals surface area contributed by atoms with E-state index in [1.165, 1.54) is 16.7 Å². The molecular weight excluding hydrogens is 278 g/mol. The van der Waals surface area contributed by atoms with Gasteiger partial charge in [0.15, 0.2) is 17.6 Å². The van der Waals surface area contributed by atoms with Crippen molar-refractivity contribution >= 4 is 0 Å². The molecule has 2 aliphatic carbocycles. The summed E-state index contributed by atoms with van der Waals surface area (Å²) in [6.45, 7) is 1.01. The van der Waals surface area contributed by atoms with E-state index >= 15 is 0 Å². The van der Waals surface area contributed by atoms with Gasteiger partial charge in [-0.25, -0.2) is 0 Å². The molecule has 0 saturated carbocycles.